The third-order valence-corrected chi connectivity index (χ3v) is 2.60. The summed E-state index contributed by atoms with van der Waals surface area (Å²) in [6.07, 6.45) is 0. The van der Waals surface area contributed by atoms with E-state index < -0.39 is 0 Å². The Balaban J connectivity index is 2.07. The molecule has 5 nitrogen and oxygen atoms in total. The number of rotatable bonds is 4. The summed E-state index contributed by atoms with van der Waals surface area (Å²) in [4.78, 5) is 0. The minimum absolute atomic E-state index is 0.00433. The Kier molecular flexibility index (Phi) is 3.90. The van der Waals surface area contributed by atoms with Gasteiger partial charge < -0.3 is 5.32 Å². The molecule has 0 spiro atoms. The van der Waals surface area contributed by atoms with Crippen LogP contribution < -0.4 is 5.32 Å². The highest BCUT2D eigenvalue weighted by Crippen LogP contribution is 2.07. The Morgan fingerprint density at radius 3 is 2.79 bits per heavy atom. The second-order valence-electron chi connectivity index (χ2n) is 5.49. The summed E-state index contributed by atoms with van der Waals surface area (Å²) in [5.74, 6) is 0.485. The van der Waals surface area contributed by atoms with Crippen LogP contribution in [-0.2, 0) is 13.1 Å². The Labute approximate surface area is 111 Å². The SMILES string of the molecule is CC(C)(C)NCc1nnnn1Cc1cccc(F)c1. The third kappa shape index (κ3) is 4.10. The number of nitrogens with zero attached hydrogens (tertiary/aromatic N) is 4. The highest BCUT2D eigenvalue weighted by molar-refractivity contribution is 5.16. The number of aromatic nitrogens is 4. The second kappa shape index (κ2) is 5.44. The van der Waals surface area contributed by atoms with Crippen LogP contribution in [0.2, 0.25) is 0 Å². The van der Waals surface area contributed by atoms with Gasteiger partial charge >= 0.3 is 0 Å². The lowest BCUT2D eigenvalue weighted by atomic mass is 10.1. The molecule has 6 heteroatoms. The van der Waals surface area contributed by atoms with Crippen LogP contribution >= 0.6 is 0 Å². The molecule has 0 radical (unpaired) electrons. The fourth-order valence-electron chi connectivity index (χ4n) is 1.63. The molecule has 0 fully saturated rings. The average Bonchev–Trinajstić information content (AvgIpc) is 2.73. The van der Waals surface area contributed by atoms with Gasteiger partial charge in [-0.25, -0.2) is 9.07 Å². The first-order valence-electron chi connectivity index (χ1n) is 6.18. The van der Waals surface area contributed by atoms with Crippen LogP contribution in [0.3, 0.4) is 0 Å². The van der Waals surface area contributed by atoms with E-state index in [2.05, 4.69) is 41.6 Å². The first-order valence-corrected chi connectivity index (χ1v) is 6.18. The highest BCUT2D eigenvalue weighted by atomic mass is 19.1. The molecule has 0 amide bonds. The van der Waals surface area contributed by atoms with Crippen LogP contribution in [0.4, 0.5) is 4.39 Å². The monoisotopic (exact) mass is 263 g/mol. The van der Waals surface area contributed by atoms with Crippen LogP contribution in [0.1, 0.15) is 32.2 Å². The summed E-state index contributed by atoms with van der Waals surface area (Å²) < 4.78 is 14.8. The number of nitrogens with one attached hydrogen (secondary N) is 1. The number of hydrogen-bond acceptors (Lipinski definition) is 4. The number of hydrogen-bond donors (Lipinski definition) is 1. The molecule has 0 aliphatic carbocycles. The largest absolute Gasteiger partial charge is 0.305 e. The fraction of sp³-hybridized carbons (Fsp3) is 0.462. The minimum Gasteiger partial charge on any atom is -0.305 e. The smallest absolute Gasteiger partial charge is 0.165 e. The normalized spacial score (nSPS) is 11.8. The van der Waals surface area contributed by atoms with Gasteiger partial charge in [0.1, 0.15) is 5.82 Å². The zero-order valence-corrected chi connectivity index (χ0v) is 11.4. The third-order valence-electron chi connectivity index (χ3n) is 2.60. The summed E-state index contributed by atoms with van der Waals surface area (Å²) >= 11 is 0. The highest BCUT2D eigenvalue weighted by Gasteiger charge is 2.12. The van der Waals surface area contributed by atoms with E-state index in [-0.39, 0.29) is 11.4 Å². The molecule has 0 bridgehead atoms. The van der Waals surface area contributed by atoms with Crippen LogP contribution in [0.15, 0.2) is 24.3 Å². The second-order valence-corrected chi connectivity index (χ2v) is 5.49. The molecule has 1 aromatic carbocycles. The summed E-state index contributed by atoms with van der Waals surface area (Å²) in [6.45, 7) is 7.27. The van der Waals surface area contributed by atoms with Gasteiger partial charge in [-0.15, -0.1) is 5.10 Å². The molecular weight excluding hydrogens is 245 g/mol. The Morgan fingerprint density at radius 2 is 2.11 bits per heavy atom. The van der Waals surface area contributed by atoms with Crippen molar-refractivity contribution in [2.24, 2.45) is 0 Å². The molecule has 102 valence electrons. The average molecular weight is 263 g/mol. The van der Waals surface area contributed by atoms with Crippen molar-refractivity contribution >= 4 is 0 Å². The quantitative estimate of drug-likeness (QED) is 0.913. The maximum atomic E-state index is 13.1. The van der Waals surface area contributed by atoms with Gasteiger partial charge in [0, 0.05) is 5.54 Å². The van der Waals surface area contributed by atoms with Crippen LogP contribution in [0.25, 0.3) is 0 Å². The molecule has 0 saturated carbocycles. The van der Waals surface area contributed by atoms with E-state index in [1.165, 1.54) is 12.1 Å². The Morgan fingerprint density at radius 1 is 1.32 bits per heavy atom. The van der Waals surface area contributed by atoms with E-state index in [0.717, 1.165) is 11.4 Å². The van der Waals surface area contributed by atoms with Gasteiger partial charge in [0.25, 0.3) is 0 Å². The zero-order valence-electron chi connectivity index (χ0n) is 11.4. The molecule has 0 atom stereocenters. The minimum atomic E-state index is -0.250. The van der Waals surface area contributed by atoms with Crippen molar-refractivity contribution in [3.63, 3.8) is 0 Å². The van der Waals surface area contributed by atoms with E-state index in [4.69, 9.17) is 0 Å². The first kappa shape index (κ1) is 13.6. The molecule has 2 rings (SSSR count). The maximum absolute atomic E-state index is 13.1. The van der Waals surface area contributed by atoms with E-state index in [9.17, 15) is 4.39 Å². The van der Waals surface area contributed by atoms with Crippen molar-refractivity contribution in [2.45, 2.75) is 39.4 Å². The molecule has 1 heterocycles. The predicted molar refractivity (Wildman–Crippen MR) is 69.9 cm³/mol. The van der Waals surface area contributed by atoms with Crippen molar-refractivity contribution in [1.82, 2.24) is 25.5 Å². The molecular formula is C13H18FN5. The summed E-state index contributed by atoms with van der Waals surface area (Å²) in [5.41, 5.74) is 0.833. The zero-order chi connectivity index (χ0) is 13.9. The molecule has 1 N–H and O–H groups in total. The van der Waals surface area contributed by atoms with Crippen molar-refractivity contribution in [1.29, 1.82) is 0 Å². The summed E-state index contributed by atoms with van der Waals surface area (Å²) in [7, 11) is 0. The lowest BCUT2D eigenvalue weighted by molar-refractivity contribution is 0.410. The molecule has 1 aromatic heterocycles. The number of tetrazole rings is 1. The fourth-order valence-corrected chi connectivity index (χ4v) is 1.63. The van der Waals surface area contributed by atoms with Gasteiger partial charge in [0.2, 0.25) is 0 Å². The maximum Gasteiger partial charge on any atom is 0.165 e. The van der Waals surface area contributed by atoms with Gasteiger partial charge in [-0.1, -0.05) is 12.1 Å². The van der Waals surface area contributed by atoms with E-state index >= 15 is 0 Å². The van der Waals surface area contributed by atoms with Crippen LogP contribution in [0.5, 0.6) is 0 Å². The Bertz CT molecular complexity index is 544. The van der Waals surface area contributed by atoms with Gasteiger partial charge in [0.15, 0.2) is 5.82 Å². The molecule has 2 aromatic rings. The first-order chi connectivity index (χ1) is 8.94. The van der Waals surface area contributed by atoms with Crippen molar-refractivity contribution in [3.8, 4) is 0 Å². The van der Waals surface area contributed by atoms with Crippen LogP contribution in [-0.4, -0.2) is 25.7 Å². The van der Waals surface area contributed by atoms with Crippen LogP contribution in [0, 0.1) is 5.82 Å². The van der Waals surface area contributed by atoms with Gasteiger partial charge in [-0.3, -0.25) is 0 Å². The lowest BCUT2D eigenvalue weighted by Gasteiger charge is -2.19. The number of benzene rings is 1. The summed E-state index contributed by atoms with van der Waals surface area (Å²) in [6, 6.07) is 6.45. The predicted octanol–water partition coefficient (Wildman–Crippen LogP) is 1.75. The van der Waals surface area contributed by atoms with Gasteiger partial charge in [0.05, 0.1) is 13.1 Å². The van der Waals surface area contributed by atoms with Crippen molar-refractivity contribution in [3.05, 3.63) is 41.5 Å². The molecule has 19 heavy (non-hydrogen) atoms. The molecule has 0 saturated heterocycles. The molecule has 0 unspecified atom stereocenters. The Hall–Kier alpha value is -1.82. The van der Waals surface area contributed by atoms with E-state index in [0.29, 0.717) is 13.1 Å². The standard InChI is InChI=1S/C13H18FN5/c1-13(2,3)15-8-12-16-17-18-19(12)9-10-5-4-6-11(14)7-10/h4-7,15H,8-9H2,1-3H3. The van der Waals surface area contributed by atoms with E-state index in [1.54, 1.807) is 10.7 Å². The van der Waals surface area contributed by atoms with Gasteiger partial charge in [-0.05, 0) is 48.9 Å². The topological polar surface area (TPSA) is 55.6 Å². The number of halogens is 1. The molecule has 0 aliphatic heterocycles. The van der Waals surface area contributed by atoms with Gasteiger partial charge in [-0.2, -0.15) is 0 Å². The lowest BCUT2D eigenvalue weighted by Crippen LogP contribution is -2.36. The van der Waals surface area contributed by atoms with E-state index in [1.807, 2.05) is 6.07 Å². The summed E-state index contributed by atoms with van der Waals surface area (Å²) in [5, 5.41) is 14.9. The molecule has 0 aliphatic rings. The van der Waals surface area contributed by atoms with Crippen molar-refractivity contribution in [2.75, 3.05) is 0 Å². The van der Waals surface area contributed by atoms with Crippen molar-refractivity contribution < 1.29 is 4.39 Å².